The SMILES string of the molecule is CC(C)(C)OC(=O)N1CC2CN(Cc3ccccc3)CC3(C2)OCCOC13. The molecule has 3 unspecified atom stereocenters. The van der Waals surface area contributed by atoms with Crippen molar-refractivity contribution in [3.05, 3.63) is 35.9 Å². The summed E-state index contributed by atoms with van der Waals surface area (Å²) in [6.45, 7) is 10.0. The Balaban J connectivity index is 1.54. The molecule has 6 nitrogen and oxygen atoms in total. The maximum Gasteiger partial charge on any atom is 0.412 e. The van der Waals surface area contributed by atoms with Gasteiger partial charge in [-0.05, 0) is 38.7 Å². The van der Waals surface area contributed by atoms with Crippen LogP contribution in [-0.2, 0) is 20.8 Å². The van der Waals surface area contributed by atoms with E-state index in [2.05, 4.69) is 29.2 Å². The number of nitrogens with zero attached hydrogens (tertiary/aromatic N) is 2. The van der Waals surface area contributed by atoms with Crippen molar-refractivity contribution in [2.75, 3.05) is 32.8 Å². The maximum absolute atomic E-state index is 12.8. The van der Waals surface area contributed by atoms with Crippen LogP contribution in [0.3, 0.4) is 0 Å². The largest absolute Gasteiger partial charge is 0.444 e. The van der Waals surface area contributed by atoms with Crippen LogP contribution in [0.1, 0.15) is 32.8 Å². The van der Waals surface area contributed by atoms with Crippen LogP contribution < -0.4 is 0 Å². The van der Waals surface area contributed by atoms with Crippen molar-refractivity contribution in [3.8, 4) is 0 Å². The third kappa shape index (κ3) is 3.98. The molecule has 3 aliphatic heterocycles. The summed E-state index contributed by atoms with van der Waals surface area (Å²) in [7, 11) is 0. The quantitative estimate of drug-likeness (QED) is 0.797. The Bertz CT molecular complexity index is 675. The smallest absolute Gasteiger partial charge is 0.412 e. The Labute approximate surface area is 161 Å². The highest BCUT2D eigenvalue weighted by Crippen LogP contribution is 2.42. The predicted octanol–water partition coefficient (Wildman–Crippen LogP) is 2.87. The molecule has 0 N–H and O–H groups in total. The molecular formula is C21H30N2O4. The summed E-state index contributed by atoms with van der Waals surface area (Å²) in [6, 6.07) is 10.5. The van der Waals surface area contributed by atoms with Crippen molar-refractivity contribution >= 4 is 6.09 Å². The molecule has 0 aliphatic carbocycles. The van der Waals surface area contributed by atoms with Gasteiger partial charge in [0.05, 0.1) is 13.2 Å². The lowest BCUT2D eigenvalue weighted by molar-refractivity contribution is -0.286. The zero-order valence-electron chi connectivity index (χ0n) is 16.5. The second-order valence-electron chi connectivity index (χ2n) is 8.99. The third-order valence-electron chi connectivity index (χ3n) is 5.46. The fraction of sp³-hybridized carbons (Fsp3) is 0.667. The number of rotatable bonds is 2. The van der Waals surface area contributed by atoms with Crippen LogP contribution in [0.25, 0.3) is 0 Å². The molecule has 0 radical (unpaired) electrons. The van der Waals surface area contributed by atoms with Gasteiger partial charge in [0.2, 0.25) is 0 Å². The fourth-order valence-electron chi connectivity index (χ4n) is 4.66. The summed E-state index contributed by atoms with van der Waals surface area (Å²) in [5, 5.41) is 0. The minimum atomic E-state index is -0.522. The molecule has 1 aromatic carbocycles. The van der Waals surface area contributed by atoms with Gasteiger partial charge in [0.25, 0.3) is 0 Å². The van der Waals surface area contributed by atoms with E-state index in [1.165, 1.54) is 5.56 Å². The van der Waals surface area contributed by atoms with Gasteiger partial charge >= 0.3 is 6.09 Å². The van der Waals surface area contributed by atoms with Crippen LogP contribution in [0.5, 0.6) is 0 Å². The van der Waals surface area contributed by atoms with Crippen molar-refractivity contribution in [3.63, 3.8) is 0 Å². The summed E-state index contributed by atoms with van der Waals surface area (Å²) in [6.07, 6.45) is 0.252. The van der Waals surface area contributed by atoms with Gasteiger partial charge in [-0.1, -0.05) is 30.3 Å². The number of ether oxygens (including phenoxy) is 3. The van der Waals surface area contributed by atoms with Crippen LogP contribution >= 0.6 is 0 Å². The van der Waals surface area contributed by atoms with Gasteiger partial charge in [-0.15, -0.1) is 0 Å². The number of amides is 1. The first-order valence-corrected chi connectivity index (χ1v) is 9.86. The topological polar surface area (TPSA) is 51.2 Å². The summed E-state index contributed by atoms with van der Waals surface area (Å²) in [5.74, 6) is 0.355. The first-order chi connectivity index (χ1) is 12.8. The van der Waals surface area contributed by atoms with E-state index in [0.717, 1.165) is 26.1 Å². The molecule has 6 heteroatoms. The zero-order valence-corrected chi connectivity index (χ0v) is 16.5. The van der Waals surface area contributed by atoms with E-state index >= 15 is 0 Å². The van der Waals surface area contributed by atoms with Gasteiger partial charge in [-0.25, -0.2) is 4.79 Å². The molecule has 3 fully saturated rings. The van der Waals surface area contributed by atoms with Gasteiger partial charge in [-0.3, -0.25) is 9.80 Å². The zero-order chi connectivity index (χ0) is 19.1. The van der Waals surface area contributed by atoms with E-state index < -0.39 is 11.2 Å². The molecule has 1 aromatic rings. The Morgan fingerprint density at radius 1 is 1.22 bits per heavy atom. The van der Waals surface area contributed by atoms with E-state index in [0.29, 0.717) is 25.7 Å². The fourth-order valence-corrected chi connectivity index (χ4v) is 4.66. The molecule has 3 heterocycles. The lowest BCUT2D eigenvalue weighted by atomic mass is 9.78. The van der Waals surface area contributed by atoms with E-state index in [9.17, 15) is 4.79 Å². The second kappa shape index (κ2) is 7.08. The number of carbonyl (C=O) groups is 1. The molecule has 3 atom stereocenters. The maximum atomic E-state index is 12.8. The number of fused-ring (bicyclic) bond motifs is 1. The highest BCUT2D eigenvalue weighted by Gasteiger charge is 2.56. The van der Waals surface area contributed by atoms with Crippen molar-refractivity contribution in [1.29, 1.82) is 0 Å². The van der Waals surface area contributed by atoms with Crippen molar-refractivity contribution in [2.45, 2.75) is 51.2 Å². The molecule has 3 aliphatic rings. The molecule has 2 bridgehead atoms. The average Bonchev–Trinajstić information content (AvgIpc) is 2.59. The Kier molecular flexibility index (Phi) is 4.91. The number of hydrogen-bond acceptors (Lipinski definition) is 5. The summed E-state index contributed by atoms with van der Waals surface area (Å²) in [4.78, 5) is 17.0. The van der Waals surface area contributed by atoms with Crippen LogP contribution in [0.15, 0.2) is 30.3 Å². The summed E-state index contributed by atoms with van der Waals surface area (Å²) >= 11 is 0. The Morgan fingerprint density at radius 3 is 2.74 bits per heavy atom. The normalized spacial score (nSPS) is 31.3. The first kappa shape index (κ1) is 18.7. The highest BCUT2D eigenvalue weighted by atomic mass is 16.6. The van der Waals surface area contributed by atoms with Crippen LogP contribution in [-0.4, -0.2) is 66.2 Å². The van der Waals surface area contributed by atoms with Crippen LogP contribution in [0.4, 0.5) is 4.79 Å². The monoisotopic (exact) mass is 374 g/mol. The van der Waals surface area contributed by atoms with E-state index in [-0.39, 0.29) is 12.3 Å². The molecule has 4 rings (SSSR count). The van der Waals surface area contributed by atoms with Crippen LogP contribution in [0.2, 0.25) is 0 Å². The molecular weight excluding hydrogens is 344 g/mol. The number of likely N-dealkylation sites (tertiary alicyclic amines) is 2. The number of carbonyl (C=O) groups excluding carboxylic acids is 1. The number of piperidine rings is 2. The lowest BCUT2D eigenvalue weighted by Gasteiger charge is -2.58. The van der Waals surface area contributed by atoms with Gasteiger partial charge < -0.3 is 14.2 Å². The summed E-state index contributed by atoms with van der Waals surface area (Å²) < 4.78 is 18.0. The van der Waals surface area contributed by atoms with E-state index in [4.69, 9.17) is 14.2 Å². The molecule has 3 saturated heterocycles. The third-order valence-corrected chi connectivity index (χ3v) is 5.46. The Morgan fingerprint density at radius 2 is 2.00 bits per heavy atom. The molecule has 27 heavy (non-hydrogen) atoms. The minimum Gasteiger partial charge on any atom is -0.444 e. The van der Waals surface area contributed by atoms with Gasteiger partial charge in [0.15, 0.2) is 6.23 Å². The number of benzene rings is 1. The van der Waals surface area contributed by atoms with Crippen molar-refractivity contribution < 1.29 is 19.0 Å². The molecule has 1 amide bonds. The van der Waals surface area contributed by atoms with E-state index in [1.807, 2.05) is 26.8 Å². The highest BCUT2D eigenvalue weighted by molar-refractivity contribution is 5.69. The Hall–Kier alpha value is -1.63. The molecule has 0 aromatic heterocycles. The second-order valence-corrected chi connectivity index (χ2v) is 8.99. The van der Waals surface area contributed by atoms with Gasteiger partial charge in [0, 0.05) is 26.2 Å². The van der Waals surface area contributed by atoms with Crippen molar-refractivity contribution in [1.82, 2.24) is 9.80 Å². The van der Waals surface area contributed by atoms with Gasteiger partial charge in [-0.2, -0.15) is 0 Å². The molecule has 1 spiro atoms. The van der Waals surface area contributed by atoms with Crippen molar-refractivity contribution in [2.24, 2.45) is 5.92 Å². The van der Waals surface area contributed by atoms with Crippen LogP contribution in [0, 0.1) is 5.92 Å². The molecule has 0 saturated carbocycles. The minimum absolute atomic E-state index is 0.302. The average molecular weight is 374 g/mol. The van der Waals surface area contributed by atoms with Gasteiger partial charge in [0.1, 0.15) is 11.2 Å². The predicted molar refractivity (Wildman–Crippen MR) is 101 cm³/mol. The summed E-state index contributed by atoms with van der Waals surface area (Å²) in [5.41, 5.74) is 0.308. The number of hydrogen-bond donors (Lipinski definition) is 0. The lowest BCUT2D eigenvalue weighted by Crippen LogP contribution is -2.72. The first-order valence-electron chi connectivity index (χ1n) is 9.86. The van der Waals surface area contributed by atoms with E-state index in [1.54, 1.807) is 4.90 Å². The molecule has 148 valence electrons. The standard InChI is InChI=1S/C21H30N2O4/c1-20(2,3)27-19(24)23-14-17-11-21(18(23)25-9-10-26-21)15-22(13-17)12-16-7-5-4-6-8-16/h4-8,17-18H,9-15H2,1-3H3.